The van der Waals surface area contributed by atoms with Crippen LogP contribution >= 0.6 is 11.8 Å². The Labute approximate surface area is 186 Å². The lowest BCUT2D eigenvalue weighted by molar-refractivity contribution is -0.144. The fourth-order valence-electron chi connectivity index (χ4n) is 3.48. The summed E-state index contributed by atoms with van der Waals surface area (Å²) in [7, 11) is 5.42. The standard InChI is InChI=1S/C23H27F2N3O2S/c1-16(30-4)22(29)28-23(13-8-14-27(2)3,17-9-6-5-7-10-17)31-21(26-28)19-15-18(24)11-12-20(19)25/h5-7,9-12,15-16H,8,13-14H2,1-4H3. The van der Waals surface area contributed by atoms with Crippen molar-refractivity contribution in [2.45, 2.75) is 30.7 Å². The molecule has 0 fully saturated rings. The summed E-state index contributed by atoms with van der Waals surface area (Å²) in [5.41, 5.74) is 0.907. The molecule has 0 spiro atoms. The molecule has 0 aliphatic carbocycles. The van der Waals surface area contributed by atoms with Crippen LogP contribution in [0.2, 0.25) is 0 Å². The van der Waals surface area contributed by atoms with E-state index >= 15 is 0 Å². The van der Waals surface area contributed by atoms with Gasteiger partial charge in [-0.15, -0.1) is 0 Å². The molecule has 0 N–H and O–H groups in total. The highest BCUT2D eigenvalue weighted by molar-refractivity contribution is 8.15. The van der Waals surface area contributed by atoms with E-state index < -0.39 is 22.6 Å². The van der Waals surface area contributed by atoms with E-state index in [4.69, 9.17) is 4.74 Å². The number of rotatable bonds is 8. The molecule has 0 bridgehead atoms. The van der Waals surface area contributed by atoms with Gasteiger partial charge in [0, 0.05) is 12.7 Å². The first kappa shape index (κ1) is 23.4. The molecule has 8 heteroatoms. The van der Waals surface area contributed by atoms with E-state index in [-0.39, 0.29) is 16.5 Å². The number of carbonyl (C=O) groups is 1. The van der Waals surface area contributed by atoms with Gasteiger partial charge in [0.25, 0.3) is 5.91 Å². The number of nitrogens with zero attached hydrogens (tertiary/aromatic N) is 3. The van der Waals surface area contributed by atoms with Crippen LogP contribution in [0.4, 0.5) is 8.78 Å². The highest BCUT2D eigenvalue weighted by Gasteiger charge is 2.49. The molecule has 0 radical (unpaired) electrons. The molecule has 2 aromatic rings. The van der Waals surface area contributed by atoms with Gasteiger partial charge in [-0.05, 0) is 64.2 Å². The van der Waals surface area contributed by atoms with E-state index in [2.05, 4.69) is 10.0 Å². The molecular formula is C23H27F2N3O2S. The Morgan fingerprint density at radius 2 is 1.94 bits per heavy atom. The lowest BCUT2D eigenvalue weighted by Gasteiger charge is -2.37. The normalized spacial score (nSPS) is 19.6. The molecule has 166 valence electrons. The van der Waals surface area contributed by atoms with Crippen molar-refractivity contribution in [2.24, 2.45) is 5.10 Å². The third-order valence-electron chi connectivity index (χ3n) is 5.21. The number of halogens is 2. The monoisotopic (exact) mass is 447 g/mol. The molecule has 31 heavy (non-hydrogen) atoms. The van der Waals surface area contributed by atoms with E-state index in [0.29, 0.717) is 6.42 Å². The van der Waals surface area contributed by atoms with Gasteiger partial charge in [0.2, 0.25) is 0 Å². The van der Waals surface area contributed by atoms with Crippen LogP contribution in [0.3, 0.4) is 0 Å². The van der Waals surface area contributed by atoms with Crippen LogP contribution in [0.15, 0.2) is 53.6 Å². The van der Waals surface area contributed by atoms with Crippen molar-refractivity contribution in [3.8, 4) is 0 Å². The minimum atomic E-state index is -0.894. The number of hydrogen-bond donors (Lipinski definition) is 0. The lowest BCUT2D eigenvalue weighted by atomic mass is 9.99. The molecule has 3 rings (SSSR count). The molecule has 2 unspecified atom stereocenters. The third kappa shape index (κ3) is 4.97. The summed E-state index contributed by atoms with van der Waals surface area (Å²) in [6, 6.07) is 12.8. The number of amides is 1. The lowest BCUT2D eigenvalue weighted by Crippen LogP contribution is -2.46. The van der Waals surface area contributed by atoms with E-state index in [1.165, 1.54) is 23.9 Å². The Bertz CT molecular complexity index is 955. The molecule has 1 aliphatic rings. The third-order valence-corrected chi connectivity index (χ3v) is 6.66. The maximum absolute atomic E-state index is 14.6. The smallest absolute Gasteiger partial charge is 0.273 e. The van der Waals surface area contributed by atoms with Crippen molar-refractivity contribution in [1.82, 2.24) is 9.91 Å². The predicted molar refractivity (Wildman–Crippen MR) is 120 cm³/mol. The number of carbonyl (C=O) groups excluding carboxylic acids is 1. The summed E-state index contributed by atoms with van der Waals surface area (Å²) in [5, 5.41) is 6.19. The number of hydrazone groups is 1. The van der Waals surface area contributed by atoms with Gasteiger partial charge in [-0.1, -0.05) is 42.1 Å². The Kier molecular flexibility index (Phi) is 7.46. The predicted octanol–water partition coefficient (Wildman–Crippen LogP) is 4.43. The number of methoxy groups -OCH3 is 1. The quantitative estimate of drug-likeness (QED) is 0.601. The van der Waals surface area contributed by atoms with Gasteiger partial charge >= 0.3 is 0 Å². The van der Waals surface area contributed by atoms with Crippen LogP contribution in [0, 0.1) is 11.6 Å². The second kappa shape index (κ2) is 9.89. The maximum Gasteiger partial charge on any atom is 0.273 e. The fraction of sp³-hybridized carbons (Fsp3) is 0.391. The van der Waals surface area contributed by atoms with Crippen molar-refractivity contribution < 1.29 is 18.3 Å². The Morgan fingerprint density at radius 3 is 2.58 bits per heavy atom. The van der Waals surface area contributed by atoms with Crippen molar-refractivity contribution in [2.75, 3.05) is 27.7 Å². The second-order valence-corrected chi connectivity index (χ2v) is 8.98. The Morgan fingerprint density at radius 1 is 1.23 bits per heavy atom. The summed E-state index contributed by atoms with van der Waals surface area (Å²) in [4.78, 5) is 14.5. The molecule has 1 amide bonds. The van der Waals surface area contributed by atoms with Gasteiger partial charge in [0.05, 0.1) is 0 Å². The first-order valence-electron chi connectivity index (χ1n) is 10.1. The van der Waals surface area contributed by atoms with Gasteiger partial charge in [-0.25, -0.2) is 13.8 Å². The number of ether oxygens (including phenoxy) is 1. The topological polar surface area (TPSA) is 45.1 Å². The van der Waals surface area contributed by atoms with Crippen LogP contribution in [0.25, 0.3) is 0 Å². The largest absolute Gasteiger partial charge is 0.372 e. The first-order valence-corrected chi connectivity index (χ1v) is 10.9. The highest BCUT2D eigenvalue weighted by atomic mass is 32.2. The van der Waals surface area contributed by atoms with Gasteiger partial charge in [0.15, 0.2) is 0 Å². The number of hydrogen-bond acceptors (Lipinski definition) is 5. The van der Waals surface area contributed by atoms with E-state index in [0.717, 1.165) is 36.7 Å². The fourth-order valence-corrected chi connectivity index (χ4v) is 4.91. The Balaban J connectivity index is 2.12. The van der Waals surface area contributed by atoms with Crippen molar-refractivity contribution >= 4 is 22.7 Å². The minimum Gasteiger partial charge on any atom is -0.372 e. The average molecular weight is 448 g/mol. The second-order valence-electron chi connectivity index (χ2n) is 7.72. The molecule has 2 atom stereocenters. The summed E-state index contributed by atoms with van der Waals surface area (Å²) in [6.07, 6.45) is 0.610. The summed E-state index contributed by atoms with van der Waals surface area (Å²) >= 11 is 1.28. The van der Waals surface area contributed by atoms with Crippen LogP contribution in [0.1, 0.15) is 30.9 Å². The highest BCUT2D eigenvalue weighted by Crippen LogP contribution is 2.51. The zero-order chi connectivity index (χ0) is 22.6. The zero-order valence-electron chi connectivity index (χ0n) is 18.1. The van der Waals surface area contributed by atoms with E-state index in [1.807, 2.05) is 44.4 Å². The van der Waals surface area contributed by atoms with Crippen molar-refractivity contribution in [3.05, 3.63) is 71.3 Å². The Hall–Kier alpha value is -2.29. The zero-order valence-corrected chi connectivity index (χ0v) is 19.0. The molecule has 0 saturated heterocycles. The van der Waals surface area contributed by atoms with Crippen LogP contribution in [0.5, 0.6) is 0 Å². The van der Waals surface area contributed by atoms with Crippen LogP contribution in [-0.4, -0.2) is 54.7 Å². The van der Waals surface area contributed by atoms with Crippen molar-refractivity contribution in [3.63, 3.8) is 0 Å². The molecule has 1 heterocycles. The van der Waals surface area contributed by atoms with Crippen molar-refractivity contribution in [1.29, 1.82) is 0 Å². The molecule has 2 aromatic carbocycles. The molecule has 0 saturated carbocycles. The maximum atomic E-state index is 14.6. The van der Waals surface area contributed by atoms with E-state index in [1.54, 1.807) is 6.92 Å². The van der Waals surface area contributed by atoms with Gasteiger partial charge in [-0.3, -0.25) is 4.79 Å². The summed E-state index contributed by atoms with van der Waals surface area (Å²) in [5.74, 6) is -1.49. The van der Waals surface area contributed by atoms with Crippen LogP contribution < -0.4 is 0 Å². The van der Waals surface area contributed by atoms with Gasteiger partial charge < -0.3 is 9.64 Å². The summed E-state index contributed by atoms with van der Waals surface area (Å²) in [6.45, 7) is 2.46. The van der Waals surface area contributed by atoms with Gasteiger partial charge in [-0.2, -0.15) is 5.10 Å². The van der Waals surface area contributed by atoms with E-state index in [9.17, 15) is 13.6 Å². The first-order chi connectivity index (χ1) is 14.8. The average Bonchev–Trinajstić information content (AvgIpc) is 3.15. The SMILES string of the molecule is COC(C)C(=O)N1N=C(c2cc(F)ccc2F)SC1(CCCN(C)C)c1ccccc1. The van der Waals surface area contributed by atoms with Crippen LogP contribution in [-0.2, 0) is 14.4 Å². The molecule has 5 nitrogen and oxygen atoms in total. The van der Waals surface area contributed by atoms with Gasteiger partial charge in [0.1, 0.15) is 27.7 Å². The number of benzene rings is 2. The molecular weight excluding hydrogens is 420 g/mol. The summed E-state index contributed by atoms with van der Waals surface area (Å²) < 4.78 is 33.8. The number of thioether (sulfide) groups is 1. The molecule has 1 aliphatic heterocycles. The molecule has 0 aromatic heterocycles. The minimum absolute atomic E-state index is 0.0401.